The Morgan fingerprint density at radius 2 is 2.21 bits per heavy atom. The number of allylic oxidation sites excluding steroid dienone is 2. The Morgan fingerprint density at radius 3 is 3.14 bits per heavy atom. The monoisotopic (exact) mass is 189 g/mol. The van der Waals surface area contributed by atoms with Crippen molar-refractivity contribution in [1.82, 2.24) is 4.90 Å². The molecule has 0 N–H and O–H groups in total. The van der Waals surface area contributed by atoms with Gasteiger partial charge in [-0.3, -0.25) is 0 Å². The van der Waals surface area contributed by atoms with Crippen molar-refractivity contribution in [3.8, 4) is 0 Å². The highest BCUT2D eigenvalue weighted by molar-refractivity contribution is 6.17. The number of amidine groups is 2. The minimum Gasteiger partial charge on any atom is -0.246 e. The molecule has 3 heterocycles. The van der Waals surface area contributed by atoms with Gasteiger partial charge in [0.05, 0.1) is 0 Å². The molecule has 0 aromatic heterocycles. The van der Waals surface area contributed by atoms with Crippen molar-refractivity contribution in [2.24, 2.45) is 20.0 Å². The number of guanidine groups is 1. The lowest BCUT2D eigenvalue weighted by Gasteiger charge is -2.28. The summed E-state index contributed by atoms with van der Waals surface area (Å²) in [6, 6.07) is 0. The SMILES string of the molecule is FC1=NC2=CC=CC3=NC=NC(=N1)N23. The molecule has 5 nitrogen and oxygen atoms in total. The van der Waals surface area contributed by atoms with Gasteiger partial charge in [0.25, 0.3) is 0 Å². The maximum absolute atomic E-state index is 12.9. The summed E-state index contributed by atoms with van der Waals surface area (Å²) in [5.41, 5.74) is 0. The zero-order chi connectivity index (χ0) is 9.54. The molecule has 3 aliphatic rings. The summed E-state index contributed by atoms with van der Waals surface area (Å²) in [6.07, 6.45) is 5.77. The highest BCUT2D eigenvalue weighted by Crippen LogP contribution is 2.21. The Hall–Kier alpha value is -2.11. The second kappa shape index (κ2) is 2.44. The summed E-state index contributed by atoms with van der Waals surface area (Å²) < 4.78 is 12.9. The molecule has 0 aromatic carbocycles. The Kier molecular flexibility index (Phi) is 1.27. The molecule has 0 spiro atoms. The van der Waals surface area contributed by atoms with Crippen LogP contribution in [-0.2, 0) is 0 Å². The van der Waals surface area contributed by atoms with E-state index in [1.807, 2.05) is 0 Å². The standard InChI is InChI=1S/C8H4FN5/c9-7-12-6-3-1-2-5-10-4-11-8(13-7)14(5)6/h1-4H. The first-order chi connectivity index (χ1) is 6.84. The molecule has 0 bridgehead atoms. The van der Waals surface area contributed by atoms with Gasteiger partial charge in [-0.25, -0.2) is 14.9 Å². The van der Waals surface area contributed by atoms with Gasteiger partial charge in [0.1, 0.15) is 18.0 Å². The van der Waals surface area contributed by atoms with E-state index >= 15 is 0 Å². The third-order valence-electron chi connectivity index (χ3n) is 1.91. The first kappa shape index (κ1) is 7.31. The van der Waals surface area contributed by atoms with Crippen LogP contribution in [-0.4, -0.2) is 29.1 Å². The van der Waals surface area contributed by atoms with Crippen molar-refractivity contribution in [1.29, 1.82) is 0 Å². The zero-order valence-corrected chi connectivity index (χ0v) is 6.92. The first-order valence-corrected chi connectivity index (χ1v) is 3.96. The molecule has 0 aromatic rings. The van der Waals surface area contributed by atoms with Crippen molar-refractivity contribution in [3.05, 3.63) is 24.0 Å². The maximum Gasteiger partial charge on any atom is 0.313 e. The quantitative estimate of drug-likeness (QED) is 0.521. The van der Waals surface area contributed by atoms with Crippen molar-refractivity contribution in [3.63, 3.8) is 0 Å². The van der Waals surface area contributed by atoms with E-state index in [0.717, 1.165) is 0 Å². The molecule has 0 unspecified atom stereocenters. The molecule has 0 aliphatic carbocycles. The van der Waals surface area contributed by atoms with Gasteiger partial charge in [-0.05, 0) is 12.2 Å². The van der Waals surface area contributed by atoms with Gasteiger partial charge < -0.3 is 0 Å². The predicted octanol–water partition coefficient (Wildman–Crippen LogP) is 0.835. The van der Waals surface area contributed by atoms with E-state index in [1.54, 1.807) is 23.1 Å². The summed E-state index contributed by atoms with van der Waals surface area (Å²) in [6.45, 7) is 0. The smallest absolute Gasteiger partial charge is 0.246 e. The average Bonchev–Trinajstić information content (AvgIpc) is 2.18. The van der Waals surface area contributed by atoms with Crippen molar-refractivity contribution < 1.29 is 4.39 Å². The van der Waals surface area contributed by atoms with E-state index in [4.69, 9.17) is 0 Å². The van der Waals surface area contributed by atoms with E-state index in [-0.39, 0.29) is 5.96 Å². The summed E-state index contributed by atoms with van der Waals surface area (Å²) in [7, 11) is 0. The molecule has 0 saturated heterocycles. The van der Waals surface area contributed by atoms with Crippen LogP contribution in [0.5, 0.6) is 0 Å². The Morgan fingerprint density at radius 1 is 1.29 bits per heavy atom. The van der Waals surface area contributed by atoms with Crippen LogP contribution in [0.4, 0.5) is 4.39 Å². The number of halogens is 1. The van der Waals surface area contributed by atoms with Crippen LogP contribution in [0.15, 0.2) is 44.0 Å². The summed E-state index contributed by atoms with van der Waals surface area (Å²) in [5.74, 6) is 1.36. The molecule has 6 heteroatoms. The van der Waals surface area contributed by atoms with Crippen LogP contribution < -0.4 is 0 Å². The van der Waals surface area contributed by atoms with Crippen molar-refractivity contribution in [2.75, 3.05) is 0 Å². The number of rotatable bonds is 0. The van der Waals surface area contributed by atoms with Gasteiger partial charge in [-0.15, -0.1) is 0 Å². The minimum atomic E-state index is -0.781. The molecule has 3 rings (SSSR count). The summed E-state index contributed by atoms with van der Waals surface area (Å²) >= 11 is 0. The van der Waals surface area contributed by atoms with Gasteiger partial charge >= 0.3 is 6.09 Å². The van der Waals surface area contributed by atoms with Gasteiger partial charge in [0.2, 0.25) is 5.96 Å². The van der Waals surface area contributed by atoms with Crippen LogP contribution in [0.3, 0.4) is 0 Å². The number of aliphatic imine (C=N–C) groups is 4. The zero-order valence-electron chi connectivity index (χ0n) is 6.92. The van der Waals surface area contributed by atoms with Gasteiger partial charge in [0.15, 0.2) is 0 Å². The van der Waals surface area contributed by atoms with Crippen LogP contribution in [0.2, 0.25) is 0 Å². The second-order valence-electron chi connectivity index (χ2n) is 2.74. The Bertz CT molecular complexity index is 478. The van der Waals surface area contributed by atoms with E-state index < -0.39 is 6.09 Å². The molecule has 3 aliphatic heterocycles. The van der Waals surface area contributed by atoms with Crippen LogP contribution in [0.1, 0.15) is 0 Å². The largest absolute Gasteiger partial charge is 0.313 e. The molecule has 0 atom stereocenters. The predicted molar refractivity (Wildman–Crippen MR) is 51.0 cm³/mol. The molecule has 0 saturated carbocycles. The van der Waals surface area contributed by atoms with E-state index in [0.29, 0.717) is 11.7 Å². The Labute approximate surface area is 78.4 Å². The molecule has 68 valence electrons. The molecule has 0 fully saturated rings. The van der Waals surface area contributed by atoms with E-state index in [2.05, 4.69) is 20.0 Å². The molecular weight excluding hydrogens is 185 g/mol. The fourth-order valence-electron chi connectivity index (χ4n) is 1.36. The fraction of sp³-hybridized carbons (Fsp3) is 0. The Balaban J connectivity index is 2.23. The van der Waals surface area contributed by atoms with Crippen molar-refractivity contribution in [2.45, 2.75) is 0 Å². The molecule has 0 radical (unpaired) electrons. The average molecular weight is 189 g/mol. The third kappa shape index (κ3) is 0.875. The highest BCUT2D eigenvalue weighted by Gasteiger charge is 2.28. The molecule has 0 amide bonds. The molecule has 14 heavy (non-hydrogen) atoms. The van der Waals surface area contributed by atoms with Crippen LogP contribution in [0.25, 0.3) is 0 Å². The number of hydrogen-bond acceptors (Lipinski definition) is 5. The van der Waals surface area contributed by atoms with Crippen molar-refractivity contribution >= 4 is 24.2 Å². The second-order valence-corrected chi connectivity index (χ2v) is 2.74. The van der Waals surface area contributed by atoms with Gasteiger partial charge in [-0.2, -0.15) is 14.4 Å². The van der Waals surface area contributed by atoms with Crippen LogP contribution in [0, 0.1) is 0 Å². The fourth-order valence-corrected chi connectivity index (χ4v) is 1.36. The van der Waals surface area contributed by atoms with Gasteiger partial charge in [0, 0.05) is 0 Å². The third-order valence-corrected chi connectivity index (χ3v) is 1.91. The minimum absolute atomic E-state index is 0.262. The lowest BCUT2D eigenvalue weighted by atomic mass is 10.3. The highest BCUT2D eigenvalue weighted by atomic mass is 19.1. The summed E-state index contributed by atoms with van der Waals surface area (Å²) in [5, 5.41) is 0. The molecular formula is C8H4FN5. The number of hydrogen-bond donors (Lipinski definition) is 0. The lowest BCUT2D eigenvalue weighted by Crippen LogP contribution is -2.39. The first-order valence-electron chi connectivity index (χ1n) is 3.96. The van der Waals surface area contributed by atoms with E-state index in [9.17, 15) is 4.39 Å². The normalized spacial score (nSPS) is 22.2. The van der Waals surface area contributed by atoms with E-state index in [1.165, 1.54) is 6.34 Å². The maximum atomic E-state index is 12.9. The van der Waals surface area contributed by atoms with Gasteiger partial charge in [-0.1, -0.05) is 6.08 Å². The summed E-state index contributed by atoms with van der Waals surface area (Å²) in [4.78, 5) is 16.6. The van der Waals surface area contributed by atoms with Crippen LogP contribution >= 0.6 is 0 Å². The number of nitrogens with zero attached hydrogens (tertiary/aromatic N) is 5. The topological polar surface area (TPSA) is 52.7 Å². The lowest BCUT2D eigenvalue weighted by molar-refractivity contribution is 0.677.